The number of thiophene rings is 1. The number of halogens is 1. The highest BCUT2D eigenvalue weighted by atomic mass is 127. The summed E-state index contributed by atoms with van der Waals surface area (Å²) < 4.78 is 1.96. The van der Waals surface area contributed by atoms with Crippen LogP contribution in [0.1, 0.15) is 35.7 Å². The Hall–Kier alpha value is -1.91. The fourth-order valence-corrected chi connectivity index (χ4v) is 3.94. The summed E-state index contributed by atoms with van der Waals surface area (Å²) in [5.41, 5.74) is 3.25. The molecule has 0 aliphatic heterocycles. The number of hydrogen-bond acceptors (Lipinski definition) is 4. The zero-order chi connectivity index (χ0) is 20.9. The van der Waals surface area contributed by atoms with Crippen LogP contribution in [0.3, 0.4) is 0 Å². The molecule has 0 aliphatic carbocycles. The van der Waals surface area contributed by atoms with Crippen LogP contribution in [-0.2, 0) is 12.1 Å². The van der Waals surface area contributed by atoms with E-state index in [9.17, 15) is 5.11 Å². The number of guanidine groups is 1. The lowest BCUT2D eigenvalue weighted by Gasteiger charge is -2.23. The van der Waals surface area contributed by atoms with Gasteiger partial charge in [0.15, 0.2) is 5.96 Å². The van der Waals surface area contributed by atoms with Gasteiger partial charge in [0, 0.05) is 22.7 Å². The maximum atomic E-state index is 10.7. The summed E-state index contributed by atoms with van der Waals surface area (Å²) in [6.07, 6.45) is 0. The van der Waals surface area contributed by atoms with Crippen molar-refractivity contribution in [2.75, 3.05) is 13.1 Å². The quantitative estimate of drug-likeness (QED) is 0.240. The molecule has 3 N–H and O–H groups in total. The molecule has 0 bridgehead atoms. The minimum atomic E-state index is -0.950. The SMILES string of the molecule is CCNC(=NCc1c(C)nn(-c2ccccc2)c1C)NCC(C)(O)c1cccs1.I. The Balaban J connectivity index is 0.00000320. The van der Waals surface area contributed by atoms with E-state index in [1.807, 2.05) is 73.3 Å². The van der Waals surface area contributed by atoms with Gasteiger partial charge < -0.3 is 15.7 Å². The lowest BCUT2D eigenvalue weighted by Crippen LogP contribution is -2.44. The maximum absolute atomic E-state index is 10.7. The van der Waals surface area contributed by atoms with Crippen LogP contribution in [0, 0.1) is 13.8 Å². The number of para-hydroxylation sites is 1. The van der Waals surface area contributed by atoms with Crippen LogP contribution in [0.25, 0.3) is 5.69 Å². The molecule has 0 aliphatic rings. The molecule has 6 nitrogen and oxygen atoms in total. The number of nitrogens with zero attached hydrogens (tertiary/aromatic N) is 3. The van der Waals surface area contributed by atoms with Gasteiger partial charge in [-0.15, -0.1) is 35.3 Å². The number of aromatic nitrogens is 2. The third kappa shape index (κ3) is 5.83. The molecule has 2 aromatic heterocycles. The Bertz CT molecular complexity index is 952. The Kier molecular flexibility index (Phi) is 8.87. The number of aryl methyl sites for hydroxylation is 1. The zero-order valence-electron chi connectivity index (χ0n) is 17.8. The molecule has 3 rings (SSSR count). The average Bonchev–Trinajstić information content (AvgIpc) is 3.35. The summed E-state index contributed by atoms with van der Waals surface area (Å²) in [4.78, 5) is 5.66. The molecule has 0 saturated carbocycles. The first kappa shape index (κ1) is 24.4. The minimum absolute atomic E-state index is 0. The molecule has 8 heteroatoms. The molecule has 1 atom stereocenters. The van der Waals surface area contributed by atoms with Crippen LogP contribution >= 0.6 is 35.3 Å². The first-order chi connectivity index (χ1) is 13.9. The summed E-state index contributed by atoms with van der Waals surface area (Å²) in [5.74, 6) is 0.676. The maximum Gasteiger partial charge on any atom is 0.191 e. The van der Waals surface area contributed by atoms with Crippen molar-refractivity contribution in [2.45, 2.75) is 39.8 Å². The lowest BCUT2D eigenvalue weighted by atomic mass is 10.1. The Morgan fingerprint density at radius 1 is 1.17 bits per heavy atom. The second-order valence-electron chi connectivity index (χ2n) is 7.20. The van der Waals surface area contributed by atoms with Gasteiger partial charge in [-0.3, -0.25) is 0 Å². The van der Waals surface area contributed by atoms with Gasteiger partial charge in [0.25, 0.3) is 0 Å². The molecule has 0 fully saturated rings. The van der Waals surface area contributed by atoms with E-state index in [2.05, 4.69) is 17.6 Å². The van der Waals surface area contributed by atoms with Gasteiger partial charge in [-0.2, -0.15) is 5.10 Å². The summed E-state index contributed by atoms with van der Waals surface area (Å²) in [7, 11) is 0. The summed E-state index contributed by atoms with van der Waals surface area (Å²) in [6.45, 7) is 9.56. The van der Waals surface area contributed by atoms with Gasteiger partial charge in [-0.1, -0.05) is 24.3 Å². The smallest absolute Gasteiger partial charge is 0.191 e. The summed E-state index contributed by atoms with van der Waals surface area (Å²) in [6, 6.07) is 14.0. The Morgan fingerprint density at radius 2 is 1.90 bits per heavy atom. The second kappa shape index (κ2) is 10.9. The van der Waals surface area contributed by atoms with E-state index >= 15 is 0 Å². The number of nitrogens with one attached hydrogen (secondary N) is 2. The Labute approximate surface area is 199 Å². The molecule has 3 aromatic rings. The van der Waals surface area contributed by atoms with E-state index in [4.69, 9.17) is 10.1 Å². The van der Waals surface area contributed by atoms with E-state index in [1.165, 1.54) is 0 Å². The van der Waals surface area contributed by atoms with Gasteiger partial charge in [-0.25, -0.2) is 9.67 Å². The van der Waals surface area contributed by atoms with Crippen molar-refractivity contribution in [3.05, 3.63) is 69.7 Å². The average molecular weight is 539 g/mol. The topological polar surface area (TPSA) is 74.5 Å². The molecule has 1 aromatic carbocycles. The predicted molar refractivity (Wildman–Crippen MR) is 135 cm³/mol. The van der Waals surface area contributed by atoms with Crippen molar-refractivity contribution in [2.24, 2.45) is 4.99 Å². The highest BCUT2D eigenvalue weighted by Gasteiger charge is 2.24. The van der Waals surface area contributed by atoms with Gasteiger partial charge in [0.1, 0.15) is 5.60 Å². The molecule has 2 heterocycles. The van der Waals surface area contributed by atoms with Crippen molar-refractivity contribution >= 4 is 41.3 Å². The van der Waals surface area contributed by atoms with Gasteiger partial charge in [0.2, 0.25) is 0 Å². The highest BCUT2D eigenvalue weighted by molar-refractivity contribution is 14.0. The van der Waals surface area contributed by atoms with Crippen LogP contribution in [0.15, 0.2) is 52.8 Å². The number of aliphatic hydroxyl groups is 1. The van der Waals surface area contributed by atoms with Gasteiger partial charge in [-0.05, 0) is 51.3 Å². The van der Waals surface area contributed by atoms with Crippen molar-refractivity contribution < 1.29 is 5.11 Å². The minimum Gasteiger partial charge on any atom is -0.383 e. The van der Waals surface area contributed by atoms with Crippen LogP contribution in [0.4, 0.5) is 0 Å². The van der Waals surface area contributed by atoms with Crippen LogP contribution < -0.4 is 10.6 Å². The molecular formula is C22H30IN5OS. The summed E-state index contributed by atoms with van der Waals surface area (Å²) >= 11 is 1.55. The molecule has 1 unspecified atom stereocenters. The van der Waals surface area contributed by atoms with E-state index in [0.29, 0.717) is 19.0 Å². The van der Waals surface area contributed by atoms with E-state index < -0.39 is 5.60 Å². The standard InChI is InChI=1S/C22H29N5OS.HI/c1-5-23-21(25-15-22(4,28)20-12-9-13-29-20)24-14-19-16(2)26-27(17(19)3)18-10-7-6-8-11-18;/h6-13,28H,5,14-15H2,1-4H3,(H2,23,24,25);1H. The zero-order valence-corrected chi connectivity index (χ0v) is 21.0. The number of benzene rings is 1. The van der Waals surface area contributed by atoms with Crippen molar-refractivity contribution in [3.8, 4) is 5.69 Å². The first-order valence-corrected chi connectivity index (χ1v) is 10.7. The van der Waals surface area contributed by atoms with E-state index in [-0.39, 0.29) is 24.0 Å². The molecule has 0 saturated heterocycles. The largest absolute Gasteiger partial charge is 0.383 e. The molecule has 162 valence electrons. The third-order valence-electron chi connectivity index (χ3n) is 4.83. The molecule has 0 amide bonds. The third-order valence-corrected chi connectivity index (χ3v) is 5.96. The predicted octanol–water partition coefficient (Wildman–Crippen LogP) is 4.13. The Morgan fingerprint density at radius 3 is 2.53 bits per heavy atom. The van der Waals surface area contributed by atoms with Crippen LogP contribution in [0.2, 0.25) is 0 Å². The first-order valence-electron chi connectivity index (χ1n) is 9.81. The molecule has 0 spiro atoms. The second-order valence-corrected chi connectivity index (χ2v) is 8.14. The van der Waals surface area contributed by atoms with Crippen molar-refractivity contribution in [3.63, 3.8) is 0 Å². The molecular weight excluding hydrogens is 509 g/mol. The summed E-state index contributed by atoms with van der Waals surface area (Å²) in [5, 5.41) is 23.9. The van der Waals surface area contributed by atoms with Crippen molar-refractivity contribution in [1.29, 1.82) is 0 Å². The number of rotatable bonds is 7. The van der Waals surface area contributed by atoms with Gasteiger partial charge >= 0.3 is 0 Å². The monoisotopic (exact) mass is 539 g/mol. The normalized spacial score (nSPS) is 13.4. The molecule has 30 heavy (non-hydrogen) atoms. The fraction of sp³-hybridized carbons (Fsp3) is 0.364. The highest BCUT2D eigenvalue weighted by Crippen LogP contribution is 2.24. The lowest BCUT2D eigenvalue weighted by molar-refractivity contribution is 0.0655. The number of hydrogen-bond donors (Lipinski definition) is 3. The van der Waals surface area contributed by atoms with E-state index in [1.54, 1.807) is 11.3 Å². The number of aliphatic imine (C=N–C) groups is 1. The van der Waals surface area contributed by atoms with E-state index in [0.717, 1.165) is 34.1 Å². The van der Waals surface area contributed by atoms with Gasteiger partial charge in [0.05, 0.1) is 24.5 Å². The van der Waals surface area contributed by atoms with Crippen LogP contribution in [0.5, 0.6) is 0 Å². The fourth-order valence-electron chi connectivity index (χ4n) is 3.15. The van der Waals surface area contributed by atoms with Crippen molar-refractivity contribution in [1.82, 2.24) is 20.4 Å². The molecule has 0 radical (unpaired) electrons. The van der Waals surface area contributed by atoms with Crippen LogP contribution in [-0.4, -0.2) is 33.9 Å².